The van der Waals surface area contributed by atoms with Gasteiger partial charge in [-0.1, -0.05) is 58.4 Å². The van der Waals surface area contributed by atoms with Crippen molar-refractivity contribution in [1.82, 2.24) is 4.98 Å². The first-order valence-corrected chi connectivity index (χ1v) is 16.3. The summed E-state index contributed by atoms with van der Waals surface area (Å²) in [5.74, 6) is 0.175. The lowest BCUT2D eigenvalue weighted by Gasteiger charge is -2.42. The van der Waals surface area contributed by atoms with Crippen molar-refractivity contribution in [3.63, 3.8) is 0 Å². The molecule has 1 N–H and O–H groups in total. The summed E-state index contributed by atoms with van der Waals surface area (Å²) < 4.78 is 12.2. The van der Waals surface area contributed by atoms with Gasteiger partial charge in [-0.3, -0.25) is 4.79 Å². The summed E-state index contributed by atoms with van der Waals surface area (Å²) in [5.41, 5.74) is 2.88. The van der Waals surface area contributed by atoms with E-state index in [1.807, 2.05) is 65.0 Å². The van der Waals surface area contributed by atoms with Gasteiger partial charge < -0.3 is 13.9 Å². The van der Waals surface area contributed by atoms with Crippen molar-refractivity contribution >= 4 is 31.3 Å². The Kier molecular flexibility index (Phi) is 10.6. The van der Waals surface area contributed by atoms with E-state index in [0.29, 0.717) is 5.89 Å². The van der Waals surface area contributed by atoms with Crippen molar-refractivity contribution in [2.45, 2.75) is 90.6 Å². The van der Waals surface area contributed by atoms with Crippen LogP contribution in [0.3, 0.4) is 0 Å². The van der Waals surface area contributed by atoms with E-state index in [9.17, 15) is 9.90 Å². The van der Waals surface area contributed by atoms with E-state index in [1.54, 1.807) is 18.4 Å². The maximum Gasteiger partial charge on any atom is 0.216 e. The molecule has 0 aliphatic heterocycles. The first-order chi connectivity index (χ1) is 16.6. The first-order valence-electron chi connectivity index (χ1n) is 12.5. The fourth-order valence-electron chi connectivity index (χ4n) is 3.63. The van der Waals surface area contributed by atoms with Crippen LogP contribution in [0.2, 0.25) is 18.1 Å². The van der Waals surface area contributed by atoms with Gasteiger partial charge >= 0.3 is 0 Å². The molecule has 4 atom stereocenters. The molecule has 0 bridgehead atoms. The second-order valence-electron chi connectivity index (χ2n) is 11.3. The highest BCUT2D eigenvalue weighted by Crippen LogP contribution is 2.40. The van der Waals surface area contributed by atoms with Gasteiger partial charge in [0, 0.05) is 23.7 Å². The van der Waals surface area contributed by atoms with E-state index >= 15 is 0 Å². The first kappa shape index (κ1) is 30.3. The van der Waals surface area contributed by atoms with Crippen LogP contribution in [-0.2, 0) is 9.22 Å². The molecule has 1 aromatic heterocycles. The number of hydrogen-bond acceptors (Lipinski definition) is 6. The van der Waals surface area contributed by atoms with Crippen LogP contribution in [0, 0.1) is 25.7 Å². The van der Waals surface area contributed by atoms with Gasteiger partial charge in [-0.05, 0) is 73.6 Å². The number of thioether (sulfide) groups is 1. The molecule has 2 rings (SSSR count). The third-order valence-corrected chi connectivity index (χ3v) is 12.3. The van der Waals surface area contributed by atoms with Crippen LogP contribution in [0.25, 0.3) is 6.08 Å². The van der Waals surface area contributed by atoms with Crippen LogP contribution in [0.5, 0.6) is 0 Å². The zero-order chi connectivity index (χ0) is 27.3. The molecule has 0 spiro atoms. The molecule has 2 aromatic rings. The van der Waals surface area contributed by atoms with E-state index in [1.165, 1.54) is 11.8 Å². The SMILES string of the molecule is C/C(=C\c1coc(C)n1)[C@H](O[Si](C)(C)C(C)(C)C)[C@H](C)[C@@H](O)[C@@H](C)/C=C/C(=O)Sc1ccc(C)cc1. The number of rotatable bonds is 10. The number of hydrogen-bond donors (Lipinski definition) is 1. The highest BCUT2D eigenvalue weighted by Gasteiger charge is 2.42. The standard InChI is InChI=1S/C29H43NO4SSi/c1-19-11-14-25(15-12-19)35-26(31)16-13-20(2)27(32)22(4)28(34-36(9,10)29(6,7)8)21(3)17-24-18-33-23(5)30-24/h11-18,20,22,27-28,32H,1-10H3/b16-13+,21-17+/t20-,22+,27-,28-/m0/s1. The smallest absolute Gasteiger partial charge is 0.216 e. The number of carbonyl (C=O) groups excluding carboxylic acids is 1. The average Bonchev–Trinajstić information content (AvgIpc) is 3.19. The number of aromatic nitrogens is 1. The zero-order valence-electron chi connectivity index (χ0n) is 23.5. The molecule has 0 saturated heterocycles. The quantitative estimate of drug-likeness (QED) is 0.194. The minimum Gasteiger partial charge on any atom is -0.449 e. The van der Waals surface area contributed by atoms with Crippen LogP contribution in [0.15, 0.2) is 57.6 Å². The molecular weight excluding hydrogens is 486 g/mol. The van der Waals surface area contributed by atoms with Crippen molar-refractivity contribution in [3.8, 4) is 0 Å². The van der Waals surface area contributed by atoms with Crippen LogP contribution in [0.4, 0.5) is 0 Å². The normalized spacial score (nSPS) is 16.7. The van der Waals surface area contributed by atoms with Crippen molar-refractivity contribution in [2.75, 3.05) is 0 Å². The highest BCUT2D eigenvalue weighted by atomic mass is 32.2. The Balaban J connectivity index is 2.21. The molecule has 0 amide bonds. The number of aliphatic hydroxyl groups is 1. The Hall–Kier alpha value is -1.93. The molecule has 36 heavy (non-hydrogen) atoms. The lowest BCUT2D eigenvalue weighted by molar-refractivity contribution is -0.107. The molecule has 0 fully saturated rings. The summed E-state index contributed by atoms with van der Waals surface area (Å²) >= 11 is 1.19. The summed E-state index contributed by atoms with van der Waals surface area (Å²) in [5, 5.41) is 11.3. The third kappa shape index (κ3) is 8.58. The summed E-state index contributed by atoms with van der Waals surface area (Å²) in [6.45, 7) is 20.9. The third-order valence-electron chi connectivity index (χ3n) is 7.02. The Morgan fingerprint density at radius 3 is 2.31 bits per heavy atom. The minimum absolute atomic E-state index is 0.0197. The number of nitrogens with zero attached hydrogens (tertiary/aromatic N) is 1. The van der Waals surface area contributed by atoms with E-state index < -0.39 is 14.4 Å². The Morgan fingerprint density at radius 1 is 1.17 bits per heavy atom. The van der Waals surface area contributed by atoms with Crippen LogP contribution in [-0.4, -0.2) is 35.7 Å². The largest absolute Gasteiger partial charge is 0.449 e. The van der Waals surface area contributed by atoms with Gasteiger partial charge in [0.15, 0.2) is 14.2 Å². The second-order valence-corrected chi connectivity index (χ2v) is 17.1. The molecule has 1 aromatic carbocycles. The van der Waals surface area contributed by atoms with Crippen molar-refractivity contribution < 1.29 is 18.7 Å². The number of benzene rings is 1. The lowest BCUT2D eigenvalue weighted by Crippen LogP contribution is -2.48. The fourth-order valence-corrected chi connectivity index (χ4v) is 5.67. The van der Waals surface area contributed by atoms with Crippen molar-refractivity contribution in [2.24, 2.45) is 11.8 Å². The van der Waals surface area contributed by atoms with Gasteiger partial charge in [0.1, 0.15) is 12.0 Å². The number of aliphatic hydroxyl groups excluding tert-OH is 1. The van der Waals surface area contributed by atoms with Crippen molar-refractivity contribution in [1.29, 1.82) is 0 Å². The Labute approximate surface area is 222 Å². The van der Waals surface area contributed by atoms with Crippen LogP contribution >= 0.6 is 11.8 Å². The average molecular weight is 530 g/mol. The van der Waals surface area contributed by atoms with Gasteiger partial charge in [-0.2, -0.15) is 0 Å². The molecule has 0 aliphatic carbocycles. The van der Waals surface area contributed by atoms with E-state index in [2.05, 4.69) is 38.8 Å². The molecule has 0 saturated carbocycles. The minimum atomic E-state index is -2.14. The molecule has 5 nitrogen and oxygen atoms in total. The maximum absolute atomic E-state index is 12.5. The van der Waals surface area contributed by atoms with Gasteiger partial charge in [0.05, 0.1) is 12.2 Å². The summed E-state index contributed by atoms with van der Waals surface area (Å²) in [4.78, 5) is 17.8. The fraction of sp³-hybridized carbons (Fsp3) is 0.517. The van der Waals surface area contributed by atoms with Crippen LogP contribution in [0.1, 0.15) is 58.7 Å². The van der Waals surface area contributed by atoms with Gasteiger partial charge in [0.2, 0.25) is 5.12 Å². The van der Waals surface area contributed by atoms with Gasteiger partial charge in [0.25, 0.3) is 0 Å². The zero-order valence-corrected chi connectivity index (χ0v) is 25.3. The predicted octanol–water partition coefficient (Wildman–Crippen LogP) is 7.59. The van der Waals surface area contributed by atoms with Gasteiger partial charge in [-0.25, -0.2) is 4.98 Å². The van der Waals surface area contributed by atoms with E-state index in [4.69, 9.17) is 8.84 Å². The predicted molar refractivity (Wildman–Crippen MR) is 152 cm³/mol. The monoisotopic (exact) mass is 529 g/mol. The van der Waals surface area contributed by atoms with E-state index in [-0.39, 0.29) is 28.1 Å². The molecule has 0 aliphatic rings. The number of oxazole rings is 1. The summed E-state index contributed by atoms with van der Waals surface area (Å²) in [7, 11) is -2.14. The topological polar surface area (TPSA) is 72.6 Å². The van der Waals surface area contributed by atoms with Gasteiger partial charge in [-0.15, -0.1) is 0 Å². The molecule has 1 heterocycles. The Bertz CT molecular complexity index is 1070. The molecule has 0 radical (unpaired) electrons. The molecule has 198 valence electrons. The molecular formula is C29H43NO4SSi. The lowest BCUT2D eigenvalue weighted by atomic mass is 9.86. The molecule has 0 unspecified atom stereocenters. The van der Waals surface area contributed by atoms with Crippen molar-refractivity contribution in [3.05, 3.63) is 65.4 Å². The Morgan fingerprint density at radius 2 is 1.78 bits per heavy atom. The summed E-state index contributed by atoms with van der Waals surface area (Å²) in [6.07, 6.45) is 5.97. The highest BCUT2D eigenvalue weighted by molar-refractivity contribution is 8.14. The maximum atomic E-state index is 12.5. The number of carbonyl (C=O) groups is 1. The molecule has 7 heteroatoms. The summed E-state index contributed by atoms with van der Waals surface area (Å²) in [6, 6.07) is 7.87. The van der Waals surface area contributed by atoms with Crippen LogP contribution < -0.4 is 0 Å². The number of aryl methyl sites for hydroxylation is 2. The second kappa shape index (κ2) is 12.5. The van der Waals surface area contributed by atoms with E-state index in [0.717, 1.165) is 21.7 Å².